The molecule has 8 heteroatoms. The van der Waals surface area contributed by atoms with Gasteiger partial charge in [0.2, 0.25) is 5.91 Å². The van der Waals surface area contributed by atoms with Gasteiger partial charge in [-0.05, 0) is 56.0 Å². The third kappa shape index (κ3) is 5.48. The highest BCUT2D eigenvalue weighted by molar-refractivity contribution is 6.00. The van der Waals surface area contributed by atoms with E-state index in [9.17, 15) is 9.59 Å². The van der Waals surface area contributed by atoms with Crippen molar-refractivity contribution in [3.8, 4) is 22.6 Å². The Labute approximate surface area is 210 Å². The number of benzene rings is 2. The van der Waals surface area contributed by atoms with Crippen LogP contribution in [0.5, 0.6) is 11.5 Å². The Kier molecular flexibility index (Phi) is 7.83. The molecule has 3 aromatic rings. The zero-order valence-electron chi connectivity index (χ0n) is 21.1. The second kappa shape index (κ2) is 11.2. The van der Waals surface area contributed by atoms with Crippen molar-refractivity contribution in [2.24, 2.45) is 0 Å². The number of nitrogens with one attached hydrogen (secondary N) is 1. The molecule has 0 atom stereocenters. The number of rotatable bonds is 7. The van der Waals surface area contributed by atoms with Crippen LogP contribution in [0.4, 0.5) is 4.79 Å². The van der Waals surface area contributed by atoms with Crippen molar-refractivity contribution in [1.82, 2.24) is 10.2 Å². The minimum absolute atomic E-state index is 0.00476. The average Bonchev–Trinajstić information content (AvgIpc) is 3.31. The van der Waals surface area contributed by atoms with Gasteiger partial charge >= 0.3 is 6.09 Å². The number of ether oxygens (including phenoxy) is 3. The zero-order chi connectivity index (χ0) is 25.7. The highest BCUT2D eigenvalue weighted by atomic mass is 16.6. The number of fused-ring (bicyclic) bond motifs is 1. The maximum Gasteiger partial charge on any atom is 0.409 e. The lowest BCUT2D eigenvalue weighted by Gasteiger charge is -2.31. The Balaban J connectivity index is 1.53. The van der Waals surface area contributed by atoms with Crippen LogP contribution in [0.3, 0.4) is 0 Å². The smallest absolute Gasteiger partial charge is 0.409 e. The second-order valence-corrected chi connectivity index (χ2v) is 8.73. The molecule has 0 bridgehead atoms. The Hall–Kier alpha value is -3.94. The minimum Gasteiger partial charge on any atom is -0.497 e. The number of hydrogen-bond donors (Lipinski definition) is 1. The number of hydrogen-bond acceptors (Lipinski definition) is 6. The fraction of sp³-hybridized carbons (Fsp3) is 0.357. The number of carbonyl (C=O) groups excluding carboxylic acids is 2. The standard InChI is InChI=1S/C28H32N2O6/c1-5-35-28(32)30-11-9-20(10-12-30)29-27(31)13-18(2)22-15-23-24(17-36-26(23)16-25(22)34-4)19-7-6-8-21(14-19)33-3/h6-8,13-17,20H,5,9-12H2,1-4H3,(H,29,31)/b18-13+. The SMILES string of the molecule is CCOC(=O)N1CCC(NC(=O)/C=C(\C)c2cc3c(-c4cccc(OC)c4)coc3cc2OC)CC1. The predicted molar refractivity (Wildman–Crippen MR) is 138 cm³/mol. The third-order valence-corrected chi connectivity index (χ3v) is 6.42. The summed E-state index contributed by atoms with van der Waals surface area (Å²) in [5.74, 6) is 1.21. The molecule has 1 aliphatic heterocycles. The van der Waals surface area contributed by atoms with E-state index in [2.05, 4.69) is 5.32 Å². The quantitative estimate of drug-likeness (QED) is 0.453. The van der Waals surface area contributed by atoms with E-state index in [1.807, 2.05) is 43.3 Å². The van der Waals surface area contributed by atoms with E-state index in [0.717, 1.165) is 33.4 Å². The largest absolute Gasteiger partial charge is 0.497 e. The van der Waals surface area contributed by atoms with Gasteiger partial charge in [-0.2, -0.15) is 0 Å². The maximum atomic E-state index is 12.8. The van der Waals surface area contributed by atoms with Crippen LogP contribution in [0.15, 0.2) is 53.2 Å². The summed E-state index contributed by atoms with van der Waals surface area (Å²) >= 11 is 0. The van der Waals surface area contributed by atoms with Crippen LogP contribution in [0.25, 0.3) is 27.7 Å². The van der Waals surface area contributed by atoms with E-state index in [1.165, 1.54) is 0 Å². The summed E-state index contributed by atoms with van der Waals surface area (Å²) in [7, 11) is 3.24. The van der Waals surface area contributed by atoms with Crippen LogP contribution in [0.2, 0.25) is 0 Å². The van der Waals surface area contributed by atoms with Gasteiger partial charge in [-0.1, -0.05) is 12.1 Å². The van der Waals surface area contributed by atoms with Crippen molar-refractivity contribution < 1.29 is 28.2 Å². The molecule has 0 aliphatic carbocycles. The summed E-state index contributed by atoms with van der Waals surface area (Å²) in [4.78, 5) is 26.4. The van der Waals surface area contributed by atoms with Gasteiger partial charge in [-0.25, -0.2) is 4.79 Å². The monoisotopic (exact) mass is 492 g/mol. The minimum atomic E-state index is -0.298. The highest BCUT2D eigenvalue weighted by Gasteiger charge is 2.24. The van der Waals surface area contributed by atoms with Crippen LogP contribution < -0.4 is 14.8 Å². The Morgan fingerprint density at radius 1 is 1.14 bits per heavy atom. The number of allylic oxidation sites excluding steroid dienone is 1. The lowest BCUT2D eigenvalue weighted by molar-refractivity contribution is -0.117. The number of piperidine rings is 1. The molecule has 8 nitrogen and oxygen atoms in total. The van der Waals surface area contributed by atoms with Gasteiger partial charge in [0.25, 0.3) is 0 Å². The number of methoxy groups -OCH3 is 2. The normalized spacial score (nSPS) is 14.6. The fourth-order valence-electron chi connectivity index (χ4n) is 4.48. The number of nitrogens with zero attached hydrogens (tertiary/aromatic N) is 1. The molecule has 0 spiro atoms. The molecule has 1 aromatic heterocycles. The van der Waals surface area contributed by atoms with Gasteiger partial charge in [0.1, 0.15) is 17.1 Å². The van der Waals surface area contributed by atoms with E-state index in [0.29, 0.717) is 43.9 Å². The molecule has 2 aromatic carbocycles. The van der Waals surface area contributed by atoms with E-state index in [4.69, 9.17) is 18.6 Å². The average molecular weight is 493 g/mol. The third-order valence-electron chi connectivity index (χ3n) is 6.42. The second-order valence-electron chi connectivity index (χ2n) is 8.73. The number of amides is 2. The van der Waals surface area contributed by atoms with Crippen molar-refractivity contribution in [3.63, 3.8) is 0 Å². The molecule has 1 N–H and O–H groups in total. The molecule has 0 radical (unpaired) electrons. The molecule has 0 unspecified atom stereocenters. The summed E-state index contributed by atoms with van der Waals surface area (Å²) in [5, 5.41) is 3.98. The van der Waals surface area contributed by atoms with Crippen LogP contribution in [-0.4, -0.2) is 56.9 Å². The topological polar surface area (TPSA) is 90.2 Å². The fourth-order valence-corrected chi connectivity index (χ4v) is 4.48. The zero-order valence-corrected chi connectivity index (χ0v) is 21.1. The molecular weight excluding hydrogens is 460 g/mol. The number of carbonyl (C=O) groups is 2. The van der Waals surface area contributed by atoms with Crippen molar-refractivity contribution in [2.75, 3.05) is 33.9 Å². The molecule has 0 saturated carbocycles. The van der Waals surface area contributed by atoms with E-state index >= 15 is 0 Å². The van der Waals surface area contributed by atoms with E-state index in [-0.39, 0.29) is 18.0 Å². The molecular formula is C28H32N2O6. The summed E-state index contributed by atoms with van der Waals surface area (Å²) < 4.78 is 21.9. The van der Waals surface area contributed by atoms with Gasteiger partial charge < -0.3 is 28.8 Å². The first kappa shape index (κ1) is 25.2. The maximum absolute atomic E-state index is 12.8. The van der Waals surface area contributed by atoms with Crippen LogP contribution in [0.1, 0.15) is 32.3 Å². The lowest BCUT2D eigenvalue weighted by Crippen LogP contribution is -2.46. The Bertz CT molecular complexity index is 1270. The van der Waals surface area contributed by atoms with Crippen LogP contribution >= 0.6 is 0 Å². The lowest BCUT2D eigenvalue weighted by atomic mass is 9.99. The first-order chi connectivity index (χ1) is 17.4. The molecule has 1 fully saturated rings. The molecule has 2 amide bonds. The summed E-state index contributed by atoms with van der Waals surface area (Å²) in [6.07, 6.45) is 4.38. The summed E-state index contributed by atoms with van der Waals surface area (Å²) in [6, 6.07) is 11.6. The summed E-state index contributed by atoms with van der Waals surface area (Å²) in [5.41, 5.74) is 4.17. The Morgan fingerprint density at radius 3 is 2.61 bits per heavy atom. The highest BCUT2D eigenvalue weighted by Crippen LogP contribution is 2.38. The van der Waals surface area contributed by atoms with E-state index in [1.54, 1.807) is 38.4 Å². The van der Waals surface area contributed by atoms with Crippen LogP contribution in [0, 0.1) is 0 Å². The molecule has 1 saturated heterocycles. The van der Waals surface area contributed by atoms with Crippen molar-refractivity contribution in [1.29, 1.82) is 0 Å². The van der Waals surface area contributed by atoms with E-state index < -0.39 is 0 Å². The molecule has 1 aliphatic rings. The Morgan fingerprint density at radius 2 is 1.92 bits per heavy atom. The van der Waals surface area contributed by atoms with Crippen molar-refractivity contribution >= 4 is 28.5 Å². The first-order valence-electron chi connectivity index (χ1n) is 12.1. The molecule has 4 rings (SSSR count). The van der Waals surface area contributed by atoms with Crippen LogP contribution in [-0.2, 0) is 9.53 Å². The van der Waals surface area contributed by atoms with Gasteiger partial charge in [0.15, 0.2) is 0 Å². The van der Waals surface area contributed by atoms with Crippen molar-refractivity contribution in [2.45, 2.75) is 32.7 Å². The van der Waals surface area contributed by atoms with Gasteiger partial charge in [-0.15, -0.1) is 0 Å². The van der Waals surface area contributed by atoms with Gasteiger partial charge in [-0.3, -0.25) is 4.79 Å². The number of furan rings is 1. The molecule has 190 valence electrons. The number of likely N-dealkylation sites (tertiary alicyclic amines) is 1. The molecule has 36 heavy (non-hydrogen) atoms. The molecule has 2 heterocycles. The predicted octanol–water partition coefficient (Wildman–Crippen LogP) is 5.26. The first-order valence-corrected chi connectivity index (χ1v) is 12.1. The van der Waals surface area contributed by atoms with Gasteiger partial charge in [0, 0.05) is 47.8 Å². The van der Waals surface area contributed by atoms with Gasteiger partial charge in [0.05, 0.1) is 27.1 Å². The summed E-state index contributed by atoms with van der Waals surface area (Å²) in [6.45, 7) is 5.15. The van der Waals surface area contributed by atoms with Crippen molar-refractivity contribution in [3.05, 3.63) is 54.3 Å².